The summed E-state index contributed by atoms with van der Waals surface area (Å²) in [5.74, 6) is 0.388. The van der Waals surface area contributed by atoms with Crippen LogP contribution in [0.25, 0.3) is 0 Å². The molecule has 0 aliphatic carbocycles. The maximum atomic E-state index is 13.2. The third-order valence-electron chi connectivity index (χ3n) is 4.81. The van der Waals surface area contributed by atoms with Crippen molar-refractivity contribution in [3.63, 3.8) is 0 Å². The summed E-state index contributed by atoms with van der Waals surface area (Å²) < 4.78 is 13.2. The minimum absolute atomic E-state index is 0.253. The van der Waals surface area contributed by atoms with E-state index in [0.29, 0.717) is 12.2 Å². The average molecular weight is 336 g/mol. The van der Waals surface area contributed by atoms with Gasteiger partial charge in [-0.15, -0.1) is 0 Å². The van der Waals surface area contributed by atoms with Crippen LogP contribution in [0.3, 0.4) is 0 Å². The van der Waals surface area contributed by atoms with Crippen LogP contribution in [-0.4, -0.2) is 96.5 Å². The quantitative estimate of drug-likeness (QED) is 0.716. The molecule has 2 fully saturated rings. The third kappa shape index (κ3) is 4.39. The lowest BCUT2D eigenvalue weighted by molar-refractivity contribution is -0.133. The van der Waals surface area contributed by atoms with Gasteiger partial charge in [0.2, 0.25) is 11.9 Å². The van der Waals surface area contributed by atoms with Gasteiger partial charge in [-0.25, -0.2) is 9.97 Å². The van der Waals surface area contributed by atoms with Gasteiger partial charge in [-0.2, -0.15) is 4.39 Å². The molecule has 2 saturated heterocycles. The zero-order valence-electron chi connectivity index (χ0n) is 14.2. The van der Waals surface area contributed by atoms with Gasteiger partial charge in [0.15, 0.2) is 0 Å². The van der Waals surface area contributed by atoms with Gasteiger partial charge in [-0.05, 0) is 7.05 Å². The molecule has 0 saturated carbocycles. The lowest BCUT2D eigenvalue weighted by atomic mass is 10.2. The van der Waals surface area contributed by atoms with E-state index in [1.54, 1.807) is 0 Å². The molecule has 0 radical (unpaired) electrons. The molecule has 1 aromatic heterocycles. The number of likely N-dealkylation sites (N-methyl/N-ethyl adjacent to an activating group) is 1. The first-order chi connectivity index (χ1) is 11.6. The van der Waals surface area contributed by atoms with Crippen LogP contribution in [0, 0.1) is 5.95 Å². The highest BCUT2D eigenvalue weighted by Crippen LogP contribution is 2.13. The minimum atomic E-state index is -0.500. The number of carbonyl (C=O) groups excluding carboxylic acids is 1. The van der Waals surface area contributed by atoms with Gasteiger partial charge in [0.05, 0.1) is 0 Å². The number of hydrogen-bond acceptors (Lipinski definition) is 6. The van der Waals surface area contributed by atoms with Crippen molar-refractivity contribution in [1.82, 2.24) is 24.7 Å². The largest absolute Gasteiger partial charge is 0.354 e. The van der Waals surface area contributed by atoms with Gasteiger partial charge in [-0.1, -0.05) is 0 Å². The lowest BCUT2D eigenvalue weighted by Crippen LogP contribution is -2.49. The van der Waals surface area contributed by atoms with E-state index < -0.39 is 5.95 Å². The summed E-state index contributed by atoms with van der Waals surface area (Å²) >= 11 is 0. The standard InChI is InChI=1S/C16H25FN6O/c1-20-4-8-23(9-5-20)16(24)2-3-21-6-10-22(11-7-21)15-12-14(17)18-13-19-15/h12-13H,2-11H2,1H3. The van der Waals surface area contributed by atoms with Crippen molar-refractivity contribution in [2.45, 2.75) is 6.42 Å². The van der Waals surface area contributed by atoms with Crippen molar-refractivity contribution < 1.29 is 9.18 Å². The molecule has 3 rings (SSSR count). The number of amides is 1. The van der Waals surface area contributed by atoms with E-state index in [9.17, 15) is 9.18 Å². The zero-order valence-corrected chi connectivity index (χ0v) is 14.2. The fraction of sp³-hybridized carbons (Fsp3) is 0.688. The highest BCUT2D eigenvalue weighted by atomic mass is 19.1. The Morgan fingerprint density at radius 3 is 2.46 bits per heavy atom. The van der Waals surface area contributed by atoms with Gasteiger partial charge < -0.3 is 14.7 Å². The third-order valence-corrected chi connectivity index (χ3v) is 4.81. The fourth-order valence-electron chi connectivity index (χ4n) is 3.17. The first-order valence-electron chi connectivity index (χ1n) is 8.53. The molecular formula is C16H25FN6O. The molecule has 8 heteroatoms. The summed E-state index contributed by atoms with van der Waals surface area (Å²) in [6, 6.07) is 1.37. The van der Waals surface area contributed by atoms with Gasteiger partial charge >= 0.3 is 0 Å². The van der Waals surface area contributed by atoms with Crippen LogP contribution < -0.4 is 4.90 Å². The highest BCUT2D eigenvalue weighted by Gasteiger charge is 2.22. The van der Waals surface area contributed by atoms with Crippen LogP contribution in [-0.2, 0) is 4.79 Å². The molecule has 2 aliphatic heterocycles. The lowest BCUT2D eigenvalue weighted by Gasteiger charge is -2.36. The summed E-state index contributed by atoms with van der Waals surface area (Å²) in [7, 11) is 2.09. The van der Waals surface area contributed by atoms with Crippen molar-refractivity contribution in [2.75, 3.05) is 70.9 Å². The van der Waals surface area contributed by atoms with E-state index in [2.05, 4.69) is 31.7 Å². The fourth-order valence-corrected chi connectivity index (χ4v) is 3.17. The number of halogens is 1. The number of carbonyl (C=O) groups is 1. The Morgan fingerprint density at radius 1 is 1.08 bits per heavy atom. The van der Waals surface area contributed by atoms with Crippen molar-refractivity contribution in [3.8, 4) is 0 Å². The monoisotopic (exact) mass is 336 g/mol. The van der Waals surface area contributed by atoms with E-state index in [0.717, 1.165) is 58.9 Å². The molecule has 0 atom stereocenters. The number of anilines is 1. The second-order valence-electron chi connectivity index (χ2n) is 6.46. The Kier molecular flexibility index (Phi) is 5.57. The van der Waals surface area contributed by atoms with Crippen LogP contribution in [0.2, 0.25) is 0 Å². The maximum Gasteiger partial charge on any atom is 0.223 e. The molecule has 0 N–H and O–H groups in total. The predicted octanol–water partition coefficient (Wildman–Crippen LogP) is -0.0982. The molecule has 0 bridgehead atoms. The first kappa shape index (κ1) is 17.0. The second kappa shape index (κ2) is 7.85. The number of hydrogen-bond donors (Lipinski definition) is 0. The first-order valence-corrected chi connectivity index (χ1v) is 8.53. The Hall–Kier alpha value is -1.80. The second-order valence-corrected chi connectivity index (χ2v) is 6.46. The molecule has 0 spiro atoms. The van der Waals surface area contributed by atoms with E-state index in [-0.39, 0.29) is 5.91 Å². The summed E-state index contributed by atoms with van der Waals surface area (Å²) in [5, 5.41) is 0. The molecule has 24 heavy (non-hydrogen) atoms. The van der Waals surface area contributed by atoms with Crippen LogP contribution in [0.1, 0.15) is 6.42 Å². The van der Waals surface area contributed by atoms with E-state index >= 15 is 0 Å². The minimum Gasteiger partial charge on any atom is -0.354 e. The Bertz CT molecular complexity index is 555. The normalized spacial score (nSPS) is 20.4. The van der Waals surface area contributed by atoms with Crippen molar-refractivity contribution in [2.24, 2.45) is 0 Å². The maximum absolute atomic E-state index is 13.2. The molecule has 1 amide bonds. The zero-order chi connectivity index (χ0) is 16.9. The Labute approximate surface area is 142 Å². The molecule has 1 aromatic rings. The highest BCUT2D eigenvalue weighted by molar-refractivity contribution is 5.76. The van der Waals surface area contributed by atoms with Gasteiger partial charge in [-0.3, -0.25) is 9.69 Å². The van der Waals surface area contributed by atoms with Crippen LogP contribution in [0.4, 0.5) is 10.2 Å². The van der Waals surface area contributed by atoms with E-state index in [4.69, 9.17) is 0 Å². The van der Waals surface area contributed by atoms with Gasteiger partial charge in [0, 0.05) is 71.4 Å². The molecule has 7 nitrogen and oxygen atoms in total. The van der Waals surface area contributed by atoms with Crippen LogP contribution in [0.15, 0.2) is 12.4 Å². The molecular weight excluding hydrogens is 311 g/mol. The Balaban J connectivity index is 1.40. The summed E-state index contributed by atoms with van der Waals surface area (Å²) in [4.78, 5) is 28.5. The van der Waals surface area contributed by atoms with Gasteiger partial charge in [0.25, 0.3) is 0 Å². The summed E-state index contributed by atoms with van der Waals surface area (Å²) in [5.41, 5.74) is 0. The molecule has 132 valence electrons. The molecule has 0 aromatic carbocycles. The SMILES string of the molecule is CN1CCN(C(=O)CCN2CCN(c3cc(F)ncn3)CC2)CC1. The summed E-state index contributed by atoms with van der Waals surface area (Å²) in [6.45, 7) is 7.68. The van der Waals surface area contributed by atoms with Crippen molar-refractivity contribution in [1.29, 1.82) is 0 Å². The Morgan fingerprint density at radius 2 is 1.79 bits per heavy atom. The van der Waals surface area contributed by atoms with E-state index in [1.165, 1.54) is 12.4 Å². The van der Waals surface area contributed by atoms with Crippen LogP contribution in [0.5, 0.6) is 0 Å². The number of piperazine rings is 2. The molecule has 0 unspecified atom stereocenters. The van der Waals surface area contributed by atoms with Crippen LogP contribution >= 0.6 is 0 Å². The molecule has 2 aliphatic rings. The van der Waals surface area contributed by atoms with Gasteiger partial charge in [0.1, 0.15) is 12.1 Å². The van der Waals surface area contributed by atoms with Crippen molar-refractivity contribution in [3.05, 3.63) is 18.3 Å². The predicted molar refractivity (Wildman–Crippen MR) is 89.3 cm³/mol. The average Bonchev–Trinajstić information content (AvgIpc) is 2.61. The topological polar surface area (TPSA) is 55.8 Å². The number of nitrogens with zero attached hydrogens (tertiary/aromatic N) is 6. The summed E-state index contributed by atoms with van der Waals surface area (Å²) in [6.07, 6.45) is 1.83. The smallest absolute Gasteiger partial charge is 0.223 e. The van der Waals surface area contributed by atoms with Crippen molar-refractivity contribution >= 4 is 11.7 Å². The molecule has 3 heterocycles. The number of aromatic nitrogens is 2. The van der Waals surface area contributed by atoms with E-state index in [1.807, 2.05) is 4.90 Å². The number of rotatable bonds is 4.